The minimum atomic E-state index is -4.41. The number of imidazole rings is 1. The van der Waals surface area contributed by atoms with Gasteiger partial charge in [0, 0.05) is 6.08 Å². The van der Waals surface area contributed by atoms with Gasteiger partial charge in [0.25, 0.3) is 5.82 Å². The minimum Gasteiger partial charge on any atom is -0.726 e. The monoisotopic (exact) mass is 508 g/mol. The van der Waals surface area contributed by atoms with E-state index in [9.17, 15) is 17.8 Å². The van der Waals surface area contributed by atoms with E-state index in [4.69, 9.17) is 4.74 Å². The second-order valence-corrected chi connectivity index (χ2v) is 9.25. The zero-order chi connectivity index (χ0) is 25.9. The molecule has 0 radical (unpaired) electrons. The molecule has 2 aromatic rings. The van der Waals surface area contributed by atoms with Crippen LogP contribution in [-0.4, -0.2) is 37.2 Å². The van der Waals surface area contributed by atoms with Gasteiger partial charge in [0.05, 0.1) is 32.4 Å². The smallest absolute Gasteiger partial charge is 0.330 e. The first-order valence-corrected chi connectivity index (χ1v) is 13.6. The summed E-state index contributed by atoms with van der Waals surface area (Å²) >= 11 is 0. The van der Waals surface area contributed by atoms with Crippen molar-refractivity contribution in [1.29, 1.82) is 0 Å². The van der Waals surface area contributed by atoms with Gasteiger partial charge in [0.1, 0.15) is 12.4 Å². The maximum absolute atomic E-state index is 10.9. The highest BCUT2D eigenvalue weighted by atomic mass is 32.3. The molecule has 0 saturated carbocycles. The van der Waals surface area contributed by atoms with Crippen LogP contribution in [0.4, 0.5) is 0 Å². The van der Waals surface area contributed by atoms with Crippen LogP contribution in [-0.2, 0) is 37.2 Å². The van der Waals surface area contributed by atoms with Crippen LogP contribution in [0, 0.1) is 0 Å². The second kappa shape index (κ2) is 17.9. The van der Waals surface area contributed by atoms with Gasteiger partial charge >= 0.3 is 5.97 Å². The van der Waals surface area contributed by atoms with E-state index < -0.39 is 10.4 Å². The van der Waals surface area contributed by atoms with Crippen molar-refractivity contribution in [3.8, 4) is 11.4 Å². The molecule has 9 heteroatoms. The molecule has 0 aliphatic carbocycles. The van der Waals surface area contributed by atoms with Crippen molar-refractivity contribution in [3.05, 3.63) is 55.4 Å². The maximum atomic E-state index is 10.9. The Morgan fingerprint density at radius 2 is 1.57 bits per heavy atom. The highest BCUT2D eigenvalue weighted by molar-refractivity contribution is 7.80. The molecule has 0 fully saturated rings. The molecule has 0 bridgehead atoms. The Labute approximate surface area is 210 Å². The first-order chi connectivity index (χ1) is 16.8. The molecule has 196 valence electrons. The first kappa shape index (κ1) is 30.5. The average molecular weight is 509 g/mol. The SMILES string of the molecule is C=CC(=O)OCCCCCCCCCCC[n+]1ccn(CC)c1-c1ccccc1.COS(=O)(=O)[O-]. The highest BCUT2D eigenvalue weighted by Gasteiger charge is 2.17. The van der Waals surface area contributed by atoms with E-state index >= 15 is 0 Å². The number of benzene rings is 1. The molecule has 0 aliphatic heterocycles. The van der Waals surface area contributed by atoms with Crippen molar-refractivity contribution < 1.29 is 31.3 Å². The van der Waals surface area contributed by atoms with Crippen molar-refractivity contribution >= 4 is 16.4 Å². The van der Waals surface area contributed by atoms with Gasteiger partial charge in [-0.25, -0.2) is 22.3 Å². The number of hydrogen-bond donors (Lipinski definition) is 0. The predicted molar refractivity (Wildman–Crippen MR) is 135 cm³/mol. The van der Waals surface area contributed by atoms with Crippen LogP contribution >= 0.6 is 0 Å². The van der Waals surface area contributed by atoms with E-state index in [1.54, 1.807) is 0 Å². The van der Waals surface area contributed by atoms with E-state index in [2.05, 4.69) is 69.5 Å². The number of hydrogen-bond acceptors (Lipinski definition) is 6. The van der Waals surface area contributed by atoms with E-state index in [-0.39, 0.29) is 5.97 Å². The molecule has 0 saturated heterocycles. The quantitative estimate of drug-likeness (QED) is 0.0806. The van der Waals surface area contributed by atoms with Gasteiger partial charge in [-0.05, 0) is 38.3 Å². The summed E-state index contributed by atoms with van der Waals surface area (Å²) < 4.78 is 40.7. The molecular weight excluding hydrogens is 468 g/mol. The molecule has 0 aliphatic rings. The number of ether oxygens (including phenoxy) is 1. The van der Waals surface area contributed by atoms with Crippen LogP contribution in [0.1, 0.15) is 64.7 Å². The van der Waals surface area contributed by atoms with Crippen LogP contribution in [0.2, 0.25) is 0 Å². The van der Waals surface area contributed by atoms with Crippen LogP contribution in [0.25, 0.3) is 11.4 Å². The number of aryl methyl sites for hydroxylation is 2. The van der Waals surface area contributed by atoms with Gasteiger partial charge in [0.2, 0.25) is 10.4 Å². The third kappa shape index (κ3) is 13.9. The summed E-state index contributed by atoms with van der Waals surface area (Å²) in [6.07, 6.45) is 16.7. The topological polar surface area (TPSA) is 102 Å². The van der Waals surface area contributed by atoms with Crippen molar-refractivity contribution in [2.45, 2.75) is 77.8 Å². The Hall–Kier alpha value is -2.49. The van der Waals surface area contributed by atoms with Gasteiger partial charge in [0.15, 0.2) is 0 Å². The Morgan fingerprint density at radius 3 is 2.09 bits per heavy atom. The van der Waals surface area contributed by atoms with Gasteiger partial charge in [-0.15, -0.1) is 0 Å². The molecule has 8 nitrogen and oxygen atoms in total. The Kier molecular flexibility index (Phi) is 15.6. The molecule has 0 spiro atoms. The fraction of sp³-hybridized carbons (Fsp3) is 0.538. The van der Waals surface area contributed by atoms with E-state index in [1.165, 1.54) is 62.4 Å². The molecular formula is C26H40N2O6S. The van der Waals surface area contributed by atoms with Gasteiger partial charge in [-0.3, -0.25) is 4.18 Å². The van der Waals surface area contributed by atoms with Crippen molar-refractivity contribution in [2.24, 2.45) is 0 Å². The summed E-state index contributed by atoms with van der Waals surface area (Å²) in [6, 6.07) is 10.7. The molecule has 1 aromatic carbocycles. The summed E-state index contributed by atoms with van der Waals surface area (Å²) in [4.78, 5) is 10.9. The Bertz CT molecular complexity index is 957. The first-order valence-electron chi connectivity index (χ1n) is 12.3. The molecule has 1 aromatic heterocycles. The second-order valence-electron chi connectivity index (χ2n) is 8.10. The lowest BCUT2D eigenvalue weighted by molar-refractivity contribution is -0.686. The molecule has 0 atom stereocenters. The molecule has 2 rings (SSSR count). The summed E-state index contributed by atoms with van der Waals surface area (Å²) in [5, 5.41) is 0. The molecule has 35 heavy (non-hydrogen) atoms. The lowest BCUT2D eigenvalue weighted by atomic mass is 10.1. The Balaban J connectivity index is 0.000000905. The van der Waals surface area contributed by atoms with Gasteiger partial charge in [-0.1, -0.05) is 63.3 Å². The number of nitrogens with zero attached hydrogens (tertiary/aromatic N) is 2. The van der Waals surface area contributed by atoms with E-state index in [1.807, 2.05) is 0 Å². The lowest BCUT2D eigenvalue weighted by Gasteiger charge is -2.05. The van der Waals surface area contributed by atoms with Crippen LogP contribution in [0.3, 0.4) is 0 Å². The fourth-order valence-electron chi connectivity index (χ4n) is 3.67. The molecule has 0 unspecified atom stereocenters. The summed E-state index contributed by atoms with van der Waals surface area (Å²) in [6.45, 7) is 8.19. The largest absolute Gasteiger partial charge is 0.726 e. The number of carbonyl (C=O) groups excluding carboxylic acids is 1. The number of unbranched alkanes of at least 4 members (excludes halogenated alkanes) is 8. The zero-order valence-corrected chi connectivity index (χ0v) is 21.9. The molecule has 0 amide bonds. The zero-order valence-electron chi connectivity index (χ0n) is 21.1. The minimum absolute atomic E-state index is 0.315. The third-order valence-corrected chi connectivity index (χ3v) is 5.91. The average Bonchev–Trinajstić information content (AvgIpc) is 3.27. The summed E-state index contributed by atoms with van der Waals surface area (Å²) in [5.41, 5.74) is 1.29. The normalized spacial score (nSPS) is 10.9. The van der Waals surface area contributed by atoms with Gasteiger partial charge in [-0.2, -0.15) is 0 Å². The lowest BCUT2D eigenvalue weighted by Crippen LogP contribution is -2.34. The maximum Gasteiger partial charge on any atom is 0.330 e. The van der Waals surface area contributed by atoms with Crippen LogP contribution in [0.5, 0.6) is 0 Å². The third-order valence-electron chi connectivity index (χ3n) is 5.50. The molecule has 1 heterocycles. The van der Waals surface area contributed by atoms with Crippen LogP contribution in [0.15, 0.2) is 55.4 Å². The van der Waals surface area contributed by atoms with Crippen molar-refractivity contribution in [3.63, 3.8) is 0 Å². The Morgan fingerprint density at radius 1 is 1.03 bits per heavy atom. The standard InChI is InChI=1S/C25H37N2O2.CH4O4S/c1-3-24(28)29-22-16-11-9-7-5-6-8-10-15-19-27-21-20-26(4-2)25(27)23-17-13-12-14-18-23;1-5-6(2,3)4/h3,12-14,17-18,20-21H,1,4-11,15-16,19,22H2,2H3;1H3,(H,2,3,4)/q+1;/p-1. The van der Waals surface area contributed by atoms with Crippen molar-refractivity contribution in [2.75, 3.05) is 13.7 Å². The fourth-order valence-corrected chi connectivity index (χ4v) is 3.67. The van der Waals surface area contributed by atoms with E-state index in [0.29, 0.717) is 6.61 Å². The van der Waals surface area contributed by atoms with E-state index in [0.717, 1.165) is 33.0 Å². The highest BCUT2D eigenvalue weighted by Crippen LogP contribution is 2.16. The number of carbonyl (C=O) groups is 1. The summed E-state index contributed by atoms with van der Waals surface area (Å²) in [7, 11) is -3.60. The summed E-state index contributed by atoms with van der Waals surface area (Å²) in [5.74, 6) is 0.997. The number of esters is 1. The predicted octanol–water partition coefficient (Wildman–Crippen LogP) is 4.80. The van der Waals surface area contributed by atoms with Crippen molar-refractivity contribution in [1.82, 2.24) is 4.57 Å². The van der Waals surface area contributed by atoms with Gasteiger partial charge < -0.3 is 9.29 Å². The number of aromatic nitrogens is 2. The molecule has 0 N–H and O–H groups in total. The number of rotatable bonds is 16. The van der Waals surface area contributed by atoms with Crippen LogP contribution < -0.4 is 4.57 Å².